The molecule has 2 nitrogen and oxygen atoms in total. The zero-order chi connectivity index (χ0) is 17.3. The Labute approximate surface area is 149 Å². The van der Waals surface area contributed by atoms with Crippen molar-refractivity contribution in [3.8, 4) is 0 Å². The van der Waals surface area contributed by atoms with Crippen molar-refractivity contribution >= 4 is 0 Å². The van der Waals surface area contributed by atoms with E-state index in [-0.39, 0.29) is 5.41 Å². The van der Waals surface area contributed by atoms with E-state index in [1.54, 1.807) is 0 Å². The Morgan fingerprint density at radius 1 is 0.875 bits per heavy atom. The molecule has 0 heterocycles. The maximum absolute atomic E-state index is 6.09. The van der Waals surface area contributed by atoms with Crippen molar-refractivity contribution in [2.75, 3.05) is 26.4 Å². The number of rotatable bonds is 11. The average Bonchev–Trinajstić information content (AvgIpc) is 3.15. The number of ether oxygens (including phenoxy) is 2. The number of hydrogen-bond donors (Lipinski definition) is 0. The summed E-state index contributed by atoms with van der Waals surface area (Å²) >= 11 is 0. The Morgan fingerprint density at radius 2 is 1.38 bits per heavy atom. The predicted octanol–water partition coefficient (Wildman–Crippen LogP) is 5.78. The second-order valence-corrected chi connectivity index (χ2v) is 8.01. The van der Waals surface area contributed by atoms with Crippen LogP contribution in [0.4, 0.5) is 0 Å². The van der Waals surface area contributed by atoms with Gasteiger partial charge in [-0.3, -0.25) is 0 Å². The molecule has 2 heteroatoms. The van der Waals surface area contributed by atoms with Crippen LogP contribution in [0.3, 0.4) is 0 Å². The molecular formula is C22H38O2. The van der Waals surface area contributed by atoms with E-state index in [4.69, 9.17) is 9.47 Å². The van der Waals surface area contributed by atoms with E-state index in [0.29, 0.717) is 19.1 Å². The van der Waals surface area contributed by atoms with E-state index in [2.05, 4.69) is 20.1 Å². The molecule has 1 atom stereocenters. The monoisotopic (exact) mass is 334 g/mol. The lowest BCUT2D eigenvalue weighted by atomic mass is 9.60. The smallest absolute Gasteiger partial charge is 0.0645 e. The summed E-state index contributed by atoms with van der Waals surface area (Å²) in [5, 5.41) is 0. The lowest BCUT2D eigenvalue weighted by Crippen LogP contribution is -2.48. The van der Waals surface area contributed by atoms with Crippen LogP contribution >= 0.6 is 0 Å². The van der Waals surface area contributed by atoms with Crippen LogP contribution in [-0.4, -0.2) is 26.4 Å². The quantitative estimate of drug-likeness (QED) is 0.352. The van der Waals surface area contributed by atoms with Gasteiger partial charge in [-0.1, -0.05) is 64.0 Å². The molecule has 0 bridgehead atoms. The molecule has 2 rings (SSSR count). The van der Waals surface area contributed by atoms with Crippen molar-refractivity contribution in [2.45, 2.75) is 64.7 Å². The van der Waals surface area contributed by atoms with Crippen LogP contribution in [-0.2, 0) is 9.47 Å². The molecule has 2 aliphatic rings. The lowest BCUT2D eigenvalue weighted by molar-refractivity contribution is -0.100. The molecule has 0 spiro atoms. The molecule has 0 aromatic heterocycles. The van der Waals surface area contributed by atoms with Crippen molar-refractivity contribution < 1.29 is 9.47 Å². The van der Waals surface area contributed by atoms with Gasteiger partial charge in [-0.15, -0.1) is 13.2 Å². The van der Waals surface area contributed by atoms with E-state index < -0.39 is 0 Å². The minimum absolute atomic E-state index is 0.154. The Hall–Kier alpha value is -0.600. The first-order chi connectivity index (χ1) is 11.7. The molecule has 24 heavy (non-hydrogen) atoms. The SMILES string of the molecule is C=CCOCC(COCC=C)(C1CCCCC1)C(C)C1CCCC1. The number of hydrogen-bond acceptors (Lipinski definition) is 2. The van der Waals surface area contributed by atoms with Gasteiger partial charge < -0.3 is 9.47 Å². The van der Waals surface area contributed by atoms with Gasteiger partial charge in [-0.2, -0.15) is 0 Å². The summed E-state index contributed by atoms with van der Waals surface area (Å²) < 4.78 is 12.2. The minimum atomic E-state index is 0.154. The van der Waals surface area contributed by atoms with Crippen molar-refractivity contribution in [3.05, 3.63) is 25.3 Å². The fourth-order valence-corrected chi connectivity index (χ4v) is 5.18. The molecule has 0 aliphatic heterocycles. The van der Waals surface area contributed by atoms with Gasteiger partial charge in [0, 0.05) is 5.41 Å². The Kier molecular flexibility index (Phi) is 8.55. The second-order valence-electron chi connectivity index (χ2n) is 8.01. The summed E-state index contributed by atoms with van der Waals surface area (Å²) in [5.41, 5.74) is 0.154. The Morgan fingerprint density at radius 3 is 1.88 bits per heavy atom. The molecule has 1 unspecified atom stereocenters. The van der Waals surface area contributed by atoms with Crippen LogP contribution in [0.15, 0.2) is 25.3 Å². The van der Waals surface area contributed by atoms with Gasteiger partial charge in [-0.25, -0.2) is 0 Å². The highest BCUT2D eigenvalue weighted by Crippen LogP contribution is 2.50. The van der Waals surface area contributed by atoms with E-state index in [0.717, 1.165) is 25.0 Å². The maximum atomic E-state index is 6.09. The first-order valence-electron chi connectivity index (χ1n) is 10.1. The topological polar surface area (TPSA) is 18.5 Å². The summed E-state index contributed by atoms with van der Waals surface area (Å²) in [6.45, 7) is 13.1. The third-order valence-corrected chi connectivity index (χ3v) is 6.64. The van der Waals surface area contributed by atoms with Gasteiger partial charge >= 0.3 is 0 Å². The highest BCUT2D eigenvalue weighted by molar-refractivity contribution is 4.96. The molecule has 2 saturated carbocycles. The zero-order valence-corrected chi connectivity index (χ0v) is 15.8. The average molecular weight is 335 g/mol. The van der Waals surface area contributed by atoms with Gasteiger partial charge in [-0.05, 0) is 30.6 Å². The van der Waals surface area contributed by atoms with Crippen LogP contribution < -0.4 is 0 Å². The van der Waals surface area contributed by atoms with Crippen molar-refractivity contribution in [1.29, 1.82) is 0 Å². The van der Waals surface area contributed by atoms with Crippen molar-refractivity contribution in [2.24, 2.45) is 23.2 Å². The van der Waals surface area contributed by atoms with Crippen LogP contribution in [0.2, 0.25) is 0 Å². The van der Waals surface area contributed by atoms with Crippen LogP contribution in [0.5, 0.6) is 0 Å². The third kappa shape index (κ3) is 4.95. The van der Waals surface area contributed by atoms with Gasteiger partial charge in [0.25, 0.3) is 0 Å². The molecule has 0 radical (unpaired) electrons. The molecule has 0 amide bonds. The van der Waals surface area contributed by atoms with E-state index >= 15 is 0 Å². The summed E-state index contributed by atoms with van der Waals surface area (Å²) in [4.78, 5) is 0. The summed E-state index contributed by atoms with van der Waals surface area (Å²) in [5.74, 6) is 2.24. The van der Waals surface area contributed by atoms with Gasteiger partial charge in [0.05, 0.1) is 26.4 Å². The van der Waals surface area contributed by atoms with Gasteiger partial charge in [0.15, 0.2) is 0 Å². The minimum Gasteiger partial charge on any atom is -0.377 e. The second kappa shape index (κ2) is 10.4. The Bertz CT molecular complexity index is 350. The van der Waals surface area contributed by atoms with Gasteiger partial charge in [0.2, 0.25) is 0 Å². The van der Waals surface area contributed by atoms with Crippen molar-refractivity contribution in [1.82, 2.24) is 0 Å². The molecule has 0 N–H and O–H groups in total. The first-order valence-corrected chi connectivity index (χ1v) is 10.1. The van der Waals surface area contributed by atoms with E-state index in [1.807, 2.05) is 12.2 Å². The molecule has 2 aliphatic carbocycles. The Balaban J connectivity index is 2.20. The standard InChI is InChI=1S/C22H38O2/c1-4-15-23-17-22(18-24-16-5-2,21-13-7-6-8-14-21)19(3)20-11-9-10-12-20/h4-5,19-21H,1-2,6-18H2,3H3. The molecule has 138 valence electrons. The largest absolute Gasteiger partial charge is 0.377 e. The van der Waals surface area contributed by atoms with Crippen LogP contribution in [0.1, 0.15) is 64.7 Å². The first kappa shape index (κ1) is 19.7. The van der Waals surface area contributed by atoms with E-state index in [9.17, 15) is 0 Å². The summed E-state index contributed by atoms with van der Waals surface area (Å²) in [6, 6.07) is 0. The van der Waals surface area contributed by atoms with Crippen LogP contribution in [0, 0.1) is 23.2 Å². The van der Waals surface area contributed by atoms with Gasteiger partial charge in [0.1, 0.15) is 0 Å². The molecule has 0 saturated heterocycles. The lowest BCUT2D eigenvalue weighted by Gasteiger charge is -2.48. The predicted molar refractivity (Wildman–Crippen MR) is 102 cm³/mol. The van der Waals surface area contributed by atoms with E-state index in [1.165, 1.54) is 57.8 Å². The molecule has 0 aromatic rings. The van der Waals surface area contributed by atoms with Crippen molar-refractivity contribution in [3.63, 3.8) is 0 Å². The summed E-state index contributed by atoms with van der Waals surface area (Å²) in [7, 11) is 0. The summed E-state index contributed by atoms with van der Waals surface area (Å²) in [6.07, 6.45) is 16.1. The maximum Gasteiger partial charge on any atom is 0.0645 e. The van der Waals surface area contributed by atoms with Crippen LogP contribution in [0.25, 0.3) is 0 Å². The molecule has 2 fully saturated rings. The third-order valence-electron chi connectivity index (χ3n) is 6.64. The molecule has 0 aromatic carbocycles. The highest BCUT2D eigenvalue weighted by Gasteiger charge is 2.47. The normalized spacial score (nSPS) is 21.7. The fourth-order valence-electron chi connectivity index (χ4n) is 5.18. The molecular weight excluding hydrogens is 296 g/mol. The zero-order valence-electron chi connectivity index (χ0n) is 15.8. The fraction of sp³-hybridized carbons (Fsp3) is 0.818. The highest BCUT2D eigenvalue weighted by atomic mass is 16.5.